The number of benzene rings is 1. The van der Waals surface area contributed by atoms with Crippen molar-refractivity contribution in [2.24, 2.45) is 7.05 Å². The molecule has 1 amide bonds. The highest BCUT2D eigenvalue weighted by Crippen LogP contribution is 2.31. The monoisotopic (exact) mass is 257 g/mol. The second-order valence-corrected chi connectivity index (χ2v) is 5.63. The van der Waals surface area contributed by atoms with Crippen LogP contribution in [0.4, 0.5) is 0 Å². The molecule has 4 nitrogen and oxygen atoms in total. The molecule has 0 radical (unpaired) electrons. The lowest BCUT2D eigenvalue weighted by atomic mass is 9.97. The van der Waals surface area contributed by atoms with Crippen molar-refractivity contribution in [3.63, 3.8) is 0 Å². The number of hydrogen-bond acceptors (Lipinski definition) is 2. The van der Waals surface area contributed by atoms with Crippen molar-refractivity contribution in [1.29, 1.82) is 0 Å². The summed E-state index contributed by atoms with van der Waals surface area (Å²) in [4.78, 5) is 13.9. The molecular weight excluding hydrogens is 238 g/mol. The molecule has 0 N–H and O–H groups in total. The smallest absolute Gasteiger partial charge is 0.223 e. The van der Waals surface area contributed by atoms with Gasteiger partial charge in [0.05, 0.1) is 11.7 Å². The number of likely N-dealkylation sites (tertiary alicyclic amines) is 1. The molecule has 0 saturated carbocycles. The molecule has 0 bridgehead atoms. The van der Waals surface area contributed by atoms with Crippen LogP contribution in [0.2, 0.25) is 0 Å². The summed E-state index contributed by atoms with van der Waals surface area (Å²) in [5, 5.41) is 5.41. The van der Waals surface area contributed by atoms with Crippen molar-refractivity contribution in [3.05, 3.63) is 30.0 Å². The van der Waals surface area contributed by atoms with Crippen LogP contribution >= 0.6 is 0 Å². The van der Waals surface area contributed by atoms with Gasteiger partial charge in [0.2, 0.25) is 5.91 Å². The lowest BCUT2D eigenvalue weighted by molar-refractivity contribution is -0.129. The predicted molar refractivity (Wildman–Crippen MR) is 74.9 cm³/mol. The maximum absolute atomic E-state index is 12.0. The second-order valence-electron chi connectivity index (χ2n) is 5.63. The lowest BCUT2D eigenvalue weighted by Crippen LogP contribution is -2.31. The van der Waals surface area contributed by atoms with Crippen molar-refractivity contribution in [2.45, 2.75) is 32.2 Å². The summed E-state index contributed by atoms with van der Waals surface area (Å²) < 4.78 is 1.87. The number of aromatic nitrogens is 2. The summed E-state index contributed by atoms with van der Waals surface area (Å²) >= 11 is 0. The van der Waals surface area contributed by atoms with Crippen LogP contribution in [0.1, 0.15) is 31.7 Å². The molecule has 1 saturated heterocycles. The zero-order chi connectivity index (χ0) is 13.6. The number of rotatable bonds is 2. The van der Waals surface area contributed by atoms with E-state index in [0.29, 0.717) is 18.4 Å². The number of carbonyl (C=O) groups is 1. The zero-order valence-electron chi connectivity index (χ0n) is 11.6. The number of amides is 1. The van der Waals surface area contributed by atoms with E-state index in [4.69, 9.17) is 0 Å². The number of nitrogens with zero attached hydrogens (tertiary/aromatic N) is 3. The number of aryl methyl sites for hydroxylation is 1. The van der Waals surface area contributed by atoms with E-state index in [2.05, 4.69) is 37.1 Å². The number of carbonyl (C=O) groups excluding carboxylic acids is 1. The van der Waals surface area contributed by atoms with Gasteiger partial charge in [-0.15, -0.1) is 0 Å². The van der Waals surface area contributed by atoms with Crippen molar-refractivity contribution >= 4 is 16.8 Å². The molecule has 0 spiro atoms. The first kappa shape index (κ1) is 12.2. The second kappa shape index (κ2) is 4.37. The fourth-order valence-electron chi connectivity index (χ4n) is 2.89. The average molecular weight is 257 g/mol. The zero-order valence-corrected chi connectivity index (χ0v) is 11.6. The highest BCUT2D eigenvalue weighted by Gasteiger charge is 2.32. The molecule has 1 fully saturated rings. The molecule has 2 heterocycles. The molecule has 1 aliphatic rings. The van der Waals surface area contributed by atoms with Gasteiger partial charge >= 0.3 is 0 Å². The van der Waals surface area contributed by atoms with E-state index in [0.717, 1.165) is 17.4 Å². The Morgan fingerprint density at radius 3 is 2.84 bits per heavy atom. The molecule has 3 rings (SSSR count). The quantitative estimate of drug-likeness (QED) is 0.828. The minimum Gasteiger partial charge on any atom is -0.340 e. The van der Waals surface area contributed by atoms with Gasteiger partial charge in [-0.25, -0.2) is 0 Å². The minimum absolute atomic E-state index is 0.270. The van der Waals surface area contributed by atoms with Gasteiger partial charge < -0.3 is 4.90 Å². The van der Waals surface area contributed by atoms with Gasteiger partial charge in [-0.2, -0.15) is 5.10 Å². The van der Waals surface area contributed by atoms with E-state index < -0.39 is 0 Å². The molecule has 1 aromatic heterocycles. The van der Waals surface area contributed by atoms with Gasteiger partial charge in [0.15, 0.2) is 0 Å². The van der Waals surface area contributed by atoms with E-state index in [1.165, 1.54) is 5.56 Å². The van der Waals surface area contributed by atoms with Gasteiger partial charge in [-0.3, -0.25) is 9.48 Å². The Kier molecular flexibility index (Phi) is 2.81. The molecule has 1 unspecified atom stereocenters. The highest BCUT2D eigenvalue weighted by molar-refractivity contribution is 5.82. The molecule has 1 aromatic carbocycles. The Hall–Kier alpha value is -1.84. The largest absolute Gasteiger partial charge is 0.340 e. The third kappa shape index (κ3) is 2.01. The Balaban J connectivity index is 1.91. The van der Waals surface area contributed by atoms with Crippen LogP contribution in [0.25, 0.3) is 10.9 Å². The van der Waals surface area contributed by atoms with Gasteiger partial charge in [0.25, 0.3) is 0 Å². The van der Waals surface area contributed by atoms with Crippen LogP contribution in [0.5, 0.6) is 0 Å². The summed E-state index contributed by atoms with van der Waals surface area (Å²) in [5.74, 6) is 0.589. The first-order chi connectivity index (χ1) is 9.06. The van der Waals surface area contributed by atoms with E-state index in [1.54, 1.807) is 0 Å². The normalized spacial score (nSPS) is 19.9. The molecule has 1 aliphatic heterocycles. The van der Waals surface area contributed by atoms with Gasteiger partial charge in [-0.1, -0.05) is 6.07 Å². The van der Waals surface area contributed by atoms with Crippen LogP contribution in [-0.2, 0) is 11.8 Å². The number of hydrogen-bond donors (Lipinski definition) is 0. The van der Waals surface area contributed by atoms with Crippen molar-refractivity contribution in [2.75, 3.05) is 6.54 Å². The maximum Gasteiger partial charge on any atom is 0.223 e. The van der Waals surface area contributed by atoms with Gasteiger partial charge in [-0.05, 0) is 31.5 Å². The lowest BCUT2D eigenvalue weighted by Gasteiger charge is -2.21. The summed E-state index contributed by atoms with van der Waals surface area (Å²) in [5.41, 5.74) is 2.38. The first-order valence-corrected chi connectivity index (χ1v) is 6.77. The molecule has 0 aliphatic carbocycles. The van der Waals surface area contributed by atoms with E-state index in [1.807, 2.05) is 22.8 Å². The Morgan fingerprint density at radius 1 is 1.37 bits per heavy atom. The maximum atomic E-state index is 12.0. The third-order valence-electron chi connectivity index (χ3n) is 4.02. The summed E-state index contributed by atoms with van der Waals surface area (Å²) in [6, 6.07) is 6.69. The Morgan fingerprint density at radius 2 is 2.16 bits per heavy atom. The number of fused-ring (bicyclic) bond motifs is 1. The van der Waals surface area contributed by atoms with Crippen LogP contribution < -0.4 is 0 Å². The SMILES string of the molecule is CC(C)N1CC(c2ccc3c(cnn3C)c2)CC1=O. The molecule has 19 heavy (non-hydrogen) atoms. The van der Waals surface area contributed by atoms with Gasteiger partial charge in [0, 0.05) is 37.4 Å². The van der Waals surface area contributed by atoms with Crippen molar-refractivity contribution in [1.82, 2.24) is 14.7 Å². The minimum atomic E-state index is 0.270. The molecule has 100 valence electrons. The molecular formula is C15H19N3O. The van der Waals surface area contributed by atoms with Crippen molar-refractivity contribution < 1.29 is 4.79 Å². The molecule has 1 atom stereocenters. The Labute approximate surface area is 113 Å². The van der Waals surface area contributed by atoms with Crippen molar-refractivity contribution in [3.8, 4) is 0 Å². The average Bonchev–Trinajstić information content (AvgIpc) is 2.93. The van der Waals surface area contributed by atoms with Crippen LogP contribution in [0.3, 0.4) is 0 Å². The third-order valence-corrected chi connectivity index (χ3v) is 4.02. The molecule has 2 aromatic rings. The van der Waals surface area contributed by atoms with E-state index in [9.17, 15) is 4.79 Å². The van der Waals surface area contributed by atoms with Gasteiger partial charge in [0.1, 0.15) is 0 Å². The van der Waals surface area contributed by atoms with E-state index in [-0.39, 0.29) is 5.91 Å². The summed E-state index contributed by atoms with van der Waals surface area (Å²) in [6.07, 6.45) is 2.51. The summed E-state index contributed by atoms with van der Waals surface area (Å²) in [7, 11) is 1.95. The highest BCUT2D eigenvalue weighted by atomic mass is 16.2. The fourth-order valence-corrected chi connectivity index (χ4v) is 2.89. The topological polar surface area (TPSA) is 38.1 Å². The fraction of sp³-hybridized carbons (Fsp3) is 0.467. The summed E-state index contributed by atoms with van der Waals surface area (Å²) in [6.45, 7) is 4.98. The van der Waals surface area contributed by atoms with Crippen LogP contribution in [-0.4, -0.2) is 33.2 Å². The molecule has 4 heteroatoms. The standard InChI is InChI=1S/C15H19N3O/c1-10(2)18-9-13(7-15(18)19)11-4-5-14-12(6-11)8-16-17(14)3/h4-6,8,10,13H,7,9H2,1-3H3. The Bertz CT molecular complexity index is 629. The first-order valence-electron chi connectivity index (χ1n) is 6.77. The van der Waals surface area contributed by atoms with Crippen LogP contribution in [0, 0.1) is 0 Å². The van der Waals surface area contributed by atoms with Crippen LogP contribution in [0.15, 0.2) is 24.4 Å². The van der Waals surface area contributed by atoms with E-state index >= 15 is 0 Å². The predicted octanol–water partition coefficient (Wildman–Crippen LogP) is 2.30.